The van der Waals surface area contributed by atoms with Crippen LogP contribution in [0, 0.1) is 5.82 Å². The quantitative estimate of drug-likeness (QED) is 0.256. The Balaban J connectivity index is 2.06. The average Bonchev–Trinajstić information content (AvgIpc) is 2.86. The number of benzene rings is 2. The summed E-state index contributed by atoms with van der Waals surface area (Å²) in [5.74, 6) is 0.174. The van der Waals surface area contributed by atoms with Crippen molar-refractivity contribution in [2.24, 2.45) is 0 Å². The predicted molar refractivity (Wildman–Crippen MR) is 106 cm³/mol. The molecule has 0 fully saturated rings. The fraction of sp³-hybridized carbons (Fsp3) is 0.211. The van der Waals surface area contributed by atoms with E-state index in [1.165, 1.54) is 13.2 Å². The molecular weight excluding hydrogens is 395 g/mol. The van der Waals surface area contributed by atoms with Crippen molar-refractivity contribution in [1.29, 1.82) is 0 Å². The zero-order valence-corrected chi connectivity index (χ0v) is 16.7. The standard InChI is InChI=1S/C19H16ClFO3S2/c1-19(2)18(25)16(12-6-9-15(21)14(20)10-12)17(23-19)11-4-7-13(8-5-11)26-24-22-3/h4-10H,1-3H3. The molecule has 0 aliphatic carbocycles. The van der Waals surface area contributed by atoms with Crippen LogP contribution in [0.3, 0.4) is 0 Å². The highest BCUT2D eigenvalue weighted by Gasteiger charge is 2.39. The van der Waals surface area contributed by atoms with Gasteiger partial charge in [-0.15, -0.1) is 0 Å². The second kappa shape index (κ2) is 7.66. The Morgan fingerprint density at radius 3 is 2.38 bits per heavy atom. The van der Waals surface area contributed by atoms with Gasteiger partial charge in [0.1, 0.15) is 17.2 Å². The summed E-state index contributed by atoms with van der Waals surface area (Å²) in [5.41, 5.74) is 1.69. The van der Waals surface area contributed by atoms with Crippen LogP contribution in [0.15, 0.2) is 47.4 Å². The van der Waals surface area contributed by atoms with E-state index in [9.17, 15) is 4.39 Å². The van der Waals surface area contributed by atoms with Gasteiger partial charge in [-0.2, -0.15) is 4.33 Å². The maximum atomic E-state index is 13.6. The van der Waals surface area contributed by atoms with Gasteiger partial charge in [0.15, 0.2) is 0 Å². The summed E-state index contributed by atoms with van der Waals surface area (Å²) in [6.45, 7) is 3.81. The molecule has 0 N–H and O–H groups in total. The third-order valence-corrected chi connectivity index (χ3v) is 5.54. The highest BCUT2D eigenvalue weighted by Crippen LogP contribution is 2.43. The fourth-order valence-electron chi connectivity index (χ4n) is 2.61. The maximum absolute atomic E-state index is 13.6. The zero-order chi connectivity index (χ0) is 18.9. The van der Waals surface area contributed by atoms with Crippen LogP contribution in [0.2, 0.25) is 5.02 Å². The molecule has 2 aromatic rings. The third kappa shape index (κ3) is 3.80. The molecule has 0 bridgehead atoms. The molecule has 2 aromatic carbocycles. The highest BCUT2D eigenvalue weighted by molar-refractivity contribution is 7.94. The van der Waals surface area contributed by atoms with Crippen molar-refractivity contribution >= 4 is 52.1 Å². The molecule has 0 saturated carbocycles. The van der Waals surface area contributed by atoms with Gasteiger partial charge in [0.2, 0.25) is 0 Å². The van der Waals surface area contributed by atoms with E-state index >= 15 is 0 Å². The first-order valence-corrected chi connectivity index (χ1v) is 9.27. The van der Waals surface area contributed by atoms with E-state index in [0.29, 0.717) is 10.6 Å². The normalized spacial score (nSPS) is 16.1. The number of halogens is 2. The van der Waals surface area contributed by atoms with Crippen molar-refractivity contribution < 1.29 is 18.3 Å². The van der Waals surface area contributed by atoms with Crippen LogP contribution in [-0.4, -0.2) is 17.6 Å². The highest BCUT2D eigenvalue weighted by atomic mass is 35.5. The Labute approximate surface area is 166 Å². The van der Waals surface area contributed by atoms with Gasteiger partial charge in [0, 0.05) is 16.0 Å². The molecular formula is C19H16ClFO3S2. The van der Waals surface area contributed by atoms with Crippen molar-refractivity contribution in [3.05, 3.63) is 64.4 Å². The molecule has 0 spiro atoms. The smallest absolute Gasteiger partial charge is 0.141 e. The molecule has 136 valence electrons. The van der Waals surface area contributed by atoms with Crippen LogP contribution in [0.5, 0.6) is 0 Å². The first-order valence-electron chi connectivity index (χ1n) is 7.75. The molecule has 1 aliphatic rings. The van der Waals surface area contributed by atoms with Crippen molar-refractivity contribution in [1.82, 2.24) is 0 Å². The molecule has 0 aromatic heterocycles. The lowest BCUT2D eigenvalue weighted by Crippen LogP contribution is -2.27. The van der Waals surface area contributed by atoms with Gasteiger partial charge < -0.3 is 4.74 Å². The molecule has 0 amide bonds. The summed E-state index contributed by atoms with van der Waals surface area (Å²) in [6, 6.07) is 12.2. The maximum Gasteiger partial charge on any atom is 0.141 e. The van der Waals surface area contributed by atoms with E-state index in [2.05, 4.69) is 4.89 Å². The van der Waals surface area contributed by atoms with E-state index < -0.39 is 11.4 Å². The van der Waals surface area contributed by atoms with Crippen LogP contribution in [0.4, 0.5) is 4.39 Å². The van der Waals surface area contributed by atoms with E-state index in [0.717, 1.165) is 33.6 Å². The molecule has 0 radical (unpaired) electrons. The van der Waals surface area contributed by atoms with Crippen LogP contribution < -0.4 is 0 Å². The Bertz CT molecular complexity index is 879. The summed E-state index contributed by atoms with van der Waals surface area (Å²) < 4.78 is 24.6. The molecule has 0 saturated heterocycles. The molecule has 26 heavy (non-hydrogen) atoms. The van der Waals surface area contributed by atoms with Gasteiger partial charge in [0.05, 0.1) is 29.0 Å². The minimum Gasteiger partial charge on any atom is -0.481 e. The third-order valence-electron chi connectivity index (χ3n) is 3.88. The first-order chi connectivity index (χ1) is 12.3. The zero-order valence-electron chi connectivity index (χ0n) is 14.3. The van der Waals surface area contributed by atoms with Gasteiger partial charge in [-0.25, -0.2) is 9.28 Å². The summed E-state index contributed by atoms with van der Waals surface area (Å²) in [7, 11) is 1.45. The molecule has 1 aliphatic heterocycles. The van der Waals surface area contributed by atoms with Crippen molar-refractivity contribution in [2.45, 2.75) is 24.3 Å². The van der Waals surface area contributed by atoms with Gasteiger partial charge in [-0.1, -0.05) is 42.0 Å². The van der Waals surface area contributed by atoms with Crippen LogP contribution >= 0.6 is 35.9 Å². The van der Waals surface area contributed by atoms with Gasteiger partial charge in [0.25, 0.3) is 0 Å². The van der Waals surface area contributed by atoms with Crippen LogP contribution in [0.1, 0.15) is 25.0 Å². The minimum absolute atomic E-state index is 0.0466. The number of rotatable bonds is 5. The van der Waals surface area contributed by atoms with Gasteiger partial charge in [-0.05, 0) is 43.7 Å². The largest absolute Gasteiger partial charge is 0.481 e. The number of ether oxygens (including phenoxy) is 1. The molecule has 1 heterocycles. The lowest BCUT2D eigenvalue weighted by atomic mass is 9.94. The van der Waals surface area contributed by atoms with Crippen molar-refractivity contribution in [3.63, 3.8) is 0 Å². The summed E-state index contributed by atoms with van der Waals surface area (Å²) in [4.78, 5) is 6.11. The van der Waals surface area contributed by atoms with Crippen molar-refractivity contribution in [2.75, 3.05) is 7.11 Å². The summed E-state index contributed by atoms with van der Waals surface area (Å²) in [5, 5.41) is 0.0466. The molecule has 3 rings (SSSR count). The number of hydrogen-bond acceptors (Lipinski definition) is 5. The molecule has 7 heteroatoms. The van der Waals surface area contributed by atoms with E-state index in [1.54, 1.807) is 12.1 Å². The van der Waals surface area contributed by atoms with E-state index in [1.807, 2.05) is 38.1 Å². The summed E-state index contributed by atoms with van der Waals surface area (Å²) in [6.07, 6.45) is 0. The predicted octanol–water partition coefficient (Wildman–Crippen LogP) is 6.11. The molecule has 3 nitrogen and oxygen atoms in total. The SMILES string of the molecule is COOSc1ccc(C2=C(c3ccc(F)c(Cl)c3)C(=S)C(C)(C)O2)cc1. The molecule has 0 atom stereocenters. The van der Waals surface area contributed by atoms with Gasteiger partial charge in [-0.3, -0.25) is 0 Å². The van der Waals surface area contributed by atoms with E-state index in [-0.39, 0.29) is 5.02 Å². The summed E-state index contributed by atoms with van der Waals surface area (Å²) >= 11 is 12.7. The first kappa shape index (κ1) is 19.3. The van der Waals surface area contributed by atoms with Gasteiger partial charge >= 0.3 is 0 Å². The topological polar surface area (TPSA) is 27.7 Å². The lowest BCUT2D eigenvalue weighted by molar-refractivity contribution is -0.160. The molecule has 0 unspecified atom stereocenters. The van der Waals surface area contributed by atoms with E-state index in [4.69, 9.17) is 32.9 Å². The Morgan fingerprint density at radius 1 is 1.12 bits per heavy atom. The monoisotopic (exact) mass is 410 g/mol. The second-order valence-corrected chi connectivity index (χ2v) is 7.71. The average molecular weight is 411 g/mol. The Morgan fingerprint density at radius 2 is 1.77 bits per heavy atom. The fourth-order valence-corrected chi connectivity index (χ4v) is 3.44. The number of hydrogen-bond donors (Lipinski definition) is 0. The minimum atomic E-state index is -0.645. The van der Waals surface area contributed by atoms with Crippen molar-refractivity contribution in [3.8, 4) is 0 Å². The van der Waals surface area contributed by atoms with Crippen LogP contribution in [0.25, 0.3) is 11.3 Å². The lowest BCUT2D eigenvalue weighted by Gasteiger charge is -2.20. The Hall–Kier alpha value is -1.44. The van der Waals surface area contributed by atoms with Crippen LogP contribution in [-0.2, 0) is 14.0 Å². The number of thiocarbonyl (C=S) groups is 1. The second-order valence-electron chi connectivity index (χ2n) is 6.12. The Kier molecular flexibility index (Phi) is 5.69.